The molecule has 0 amide bonds. The van der Waals surface area contributed by atoms with E-state index in [2.05, 4.69) is 46.4 Å². The number of nitrogens with zero attached hydrogens (tertiary/aromatic N) is 1. The van der Waals surface area contributed by atoms with Crippen molar-refractivity contribution >= 4 is 0 Å². The van der Waals surface area contributed by atoms with Crippen LogP contribution in [-0.4, -0.2) is 30.1 Å². The first kappa shape index (κ1) is 17.9. The Morgan fingerprint density at radius 3 is 1.78 bits per heavy atom. The van der Waals surface area contributed by atoms with Gasteiger partial charge in [0.05, 0.1) is 0 Å². The lowest BCUT2D eigenvalue weighted by Gasteiger charge is -2.33. The van der Waals surface area contributed by atoms with Crippen LogP contribution in [-0.2, 0) is 0 Å². The fourth-order valence-electron chi connectivity index (χ4n) is 2.31. The van der Waals surface area contributed by atoms with Gasteiger partial charge in [0, 0.05) is 12.1 Å². The van der Waals surface area contributed by atoms with E-state index in [1.807, 2.05) is 0 Å². The van der Waals surface area contributed by atoms with Crippen LogP contribution in [0.5, 0.6) is 0 Å². The molecule has 1 atom stereocenters. The zero-order chi connectivity index (χ0) is 14.2. The van der Waals surface area contributed by atoms with Crippen molar-refractivity contribution in [1.82, 2.24) is 4.90 Å². The second kappa shape index (κ2) is 8.92. The van der Waals surface area contributed by atoms with Crippen molar-refractivity contribution in [1.29, 1.82) is 0 Å². The van der Waals surface area contributed by atoms with Gasteiger partial charge < -0.3 is 10.6 Å². The van der Waals surface area contributed by atoms with Crippen LogP contribution in [0.2, 0.25) is 0 Å². The summed E-state index contributed by atoms with van der Waals surface area (Å²) in [6.07, 6.45) is 4.85. The molecule has 0 aliphatic carbocycles. The monoisotopic (exact) mass is 256 g/mol. The van der Waals surface area contributed by atoms with E-state index >= 15 is 0 Å². The van der Waals surface area contributed by atoms with Gasteiger partial charge in [-0.2, -0.15) is 0 Å². The van der Waals surface area contributed by atoms with Crippen molar-refractivity contribution in [2.75, 3.05) is 19.6 Å². The quantitative estimate of drug-likeness (QED) is 0.642. The fourth-order valence-corrected chi connectivity index (χ4v) is 2.31. The molecule has 2 nitrogen and oxygen atoms in total. The minimum absolute atomic E-state index is 0.0251. The first-order valence-electron chi connectivity index (χ1n) is 7.78. The Hall–Kier alpha value is -0.0800. The van der Waals surface area contributed by atoms with Gasteiger partial charge >= 0.3 is 0 Å². The first-order valence-corrected chi connectivity index (χ1v) is 7.78. The van der Waals surface area contributed by atoms with Gasteiger partial charge in [0.1, 0.15) is 0 Å². The van der Waals surface area contributed by atoms with Crippen molar-refractivity contribution < 1.29 is 0 Å². The lowest BCUT2D eigenvalue weighted by Crippen LogP contribution is -2.48. The summed E-state index contributed by atoms with van der Waals surface area (Å²) in [5.74, 6) is 1.56. The Bertz CT molecular complexity index is 185. The van der Waals surface area contributed by atoms with E-state index in [0.29, 0.717) is 0 Å². The topological polar surface area (TPSA) is 29.3 Å². The third-order valence-corrected chi connectivity index (χ3v) is 3.45. The minimum Gasteiger partial charge on any atom is -0.324 e. The van der Waals surface area contributed by atoms with Gasteiger partial charge in [0.25, 0.3) is 0 Å². The average Bonchev–Trinajstić information content (AvgIpc) is 2.21. The molecule has 0 spiro atoms. The van der Waals surface area contributed by atoms with Crippen LogP contribution in [0.15, 0.2) is 0 Å². The third kappa shape index (κ3) is 9.90. The Labute approximate surface area is 115 Å². The van der Waals surface area contributed by atoms with Crippen molar-refractivity contribution in [3.63, 3.8) is 0 Å². The van der Waals surface area contributed by atoms with E-state index in [9.17, 15) is 0 Å². The molecule has 0 bridgehead atoms. The van der Waals surface area contributed by atoms with Gasteiger partial charge in [-0.3, -0.25) is 0 Å². The standard InChI is InChI=1S/C16H36N2/c1-7-10-16(6,17)13-18(11-8-14(2)3)12-9-15(4)5/h14-15H,7-13,17H2,1-6H3. The summed E-state index contributed by atoms with van der Waals surface area (Å²) >= 11 is 0. The van der Waals surface area contributed by atoms with Crippen molar-refractivity contribution in [2.45, 2.75) is 72.8 Å². The van der Waals surface area contributed by atoms with Gasteiger partial charge in [-0.15, -0.1) is 0 Å². The highest BCUT2D eigenvalue weighted by molar-refractivity contribution is 4.82. The largest absolute Gasteiger partial charge is 0.324 e. The van der Waals surface area contributed by atoms with E-state index in [-0.39, 0.29) is 5.54 Å². The molecular weight excluding hydrogens is 220 g/mol. The molecule has 0 radical (unpaired) electrons. The molecule has 0 aliphatic heterocycles. The van der Waals surface area contributed by atoms with Gasteiger partial charge in [-0.05, 0) is 51.1 Å². The summed E-state index contributed by atoms with van der Waals surface area (Å²) in [7, 11) is 0. The number of hydrogen-bond acceptors (Lipinski definition) is 2. The highest BCUT2D eigenvalue weighted by atomic mass is 15.1. The summed E-state index contributed by atoms with van der Waals surface area (Å²) in [4.78, 5) is 2.58. The highest BCUT2D eigenvalue weighted by Gasteiger charge is 2.21. The third-order valence-electron chi connectivity index (χ3n) is 3.45. The molecule has 0 aliphatic rings. The molecule has 110 valence electrons. The summed E-state index contributed by atoms with van der Waals surface area (Å²) in [6.45, 7) is 17.1. The average molecular weight is 256 g/mol. The molecule has 18 heavy (non-hydrogen) atoms. The lowest BCUT2D eigenvalue weighted by molar-refractivity contribution is 0.191. The Morgan fingerprint density at radius 1 is 1.00 bits per heavy atom. The van der Waals surface area contributed by atoms with Gasteiger partial charge in [0.15, 0.2) is 0 Å². The van der Waals surface area contributed by atoms with E-state index in [1.165, 1.54) is 32.4 Å². The Morgan fingerprint density at radius 2 is 1.44 bits per heavy atom. The molecule has 0 aromatic rings. The van der Waals surface area contributed by atoms with Crippen LogP contribution in [0.3, 0.4) is 0 Å². The van der Waals surface area contributed by atoms with Crippen molar-refractivity contribution in [3.05, 3.63) is 0 Å². The van der Waals surface area contributed by atoms with E-state index < -0.39 is 0 Å². The molecule has 2 N–H and O–H groups in total. The van der Waals surface area contributed by atoms with Gasteiger partial charge in [-0.1, -0.05) is 41.0 Å². The zero-order valence-corrected chi connectivity index (χ0v) is 13.6. The summed E-state index contributed by atoms with van der Waals surface area (Å²) in [5, 5.41) is 0. The van der Waals surface area contributed by atoms with E-state index in [0.717, 1.165) is 24.8 Å². The maximum absolute atomic E-state index is 6.40. The van der Waals surface area contributed by atoms with Crippen LogP contribution in [0.25, 0.3) is 0 Å². The Balaban J connectivity index is 4.26. The number of nitrogens with two attached hydrogens (primary N) is 1. The minimum atomic E-state index is -0.0251. The molecular formula is C16H36N2. The van der Waals surface area contributed by atoms with Gasteiger partial charge in [0.2, 0.25) is 0 Å². The maximum atomic E-state index is 6.40. The van der Waals surface area contributed by atoms with Crippen LogP contribution < -0.4 is 5.73 Å². The lowest BCUT2D eigenvalue weighted by atomic mass is 9.96. The second-order valence-corrected chi connectivity index (χ2v) is 7.05. The SMILES string of the molecule is CCCC(C)(N)CN(CCC(C)C)CCC(C)C. The molecule has 1 unspecified atom stereocenters. The van der Waals surface area contributed by atoms with Crippen LogP contribution >= 0.6 is 0 Å². The molecule has 2 heteroatoms. The zero-order valence-electron chi connectivity index (χ0n) is 13.6. The molecule has 0 saturated carbocycles. The summed E-state index contributed by atoms with van der Waals surface area (Å²) < 4.78 is 0. The molecule has 0 aromatic heterocycles. The molecule has 0 heterocycles. The first-order chi connectivity index (χ1) is 8.26. The van der Waals surface area contributed by atoms with Crippen molar-refractivity contribution in [2.24, 2.45) is 17.6 Å². The van der Waals surface area contributed by atoms with Crippen molar-refractivity contribution in [3.8, 4) is 0 Å². The van der Waals surface area contributed by atoms with E-state index in [1.54, 1.807) is 0 Å². The predicted octanol–water partition coefficient (Wildman–Crippen LogP) is 3.90. The number of rotatable bonds is 10. The predicted molar refractivity (Wildman–Crippen MR) is 82.9 cm³/mol. The molecule has 0 saturated heterocycles. The smallest absolute Gasteiger partial charge is 0.0254 e. The normalized spacial score (nSPS) is 15.7. The molecule has 0 rings (SSSR count). The van der Waals surface area contributed by atoms with Crippen LogP contribution in [0.1, 0.15) is 67.2 Å². The summed E-state index contributed by atoms with van der Waals surface area (Å²) in [5.41, 5.74) is 6.37. The Kier molecular flexibility index (Phi) is 8.89. The van der Waals surface area contributed by atoms with Gasteiger partial charge in [-0.25, -0.2) is 0 Å². The maximum Gasteiger partial charge on any atom is 0.0254 e. The second-order valence-electron chi connectivity index (χ2n) is 7.05. The molecule has 0 aromatic carbocycles. The molecule has 0 fully saturated rings. The fraction of sp³-hybridized carbons (Fsp3) is 1.00. The van der Waals surface area contributed by atoms with Crippen LogP contribution in [0.4, 0.5) is 0 Å². The summed E-state index contributed by atoms with van der Waals surface area (Å²) in [6, 6.07) is 0. The van der Waals surface area contributed by atoms with Crippen LogP contribution in [0, 0.1) is 11.8 Å². The number of hydrogen-bond donors (Lipinski definition) is 1. The van der Waals surface area contributed by atoms with E-state index in [4.69, 9.17) is 5.73 Å². The highest BCUT2D eigenvalue weighted by Crippen LogP contribution is 2.14.